The van der Waals surface area contributed by atoms with E-state index in [0.29, 0.717) is 5.02 Å². The Bertz CT molecular complexity index is 701. The molecule has 0 aliphatic carbocycles. The second kappa shape index (κ2) is 5.35. The van der Waals surface area contributed by atoms with E-state index in [2.05, 4.69) is 15.3 Å². The van der Waals surface area contributed by atoms with Crippen LogP contribution in [0.25, 0.3) is 11.4 Å². The topological polar surface area (TPSA) is 42.7 Å². The highest BCUT2D eigenvalue weighted by Gasteiger charge is 2.04. The minimum atomic E-state index is 0.716. The van der Waals surface area contributed by atoms with Crippen molar-refractivity contribution in [2.24, 2.45) is 7.05 Å². The van der Waals surface area contributed by atoms with E-state index in [0.717, 1.165) is 22.9 Å². The number of nitrogens with zero attached hydrogens (tertiary/aromatic N) is 3. The van der Waals surface area contributed by atoms with Crippen molar-refractivity contribution >= 4 is 23.1 Å². The smallest absolute Gasteiger partial charge is 0.141 e. The summed E-state index contributed by atoms with van der Waals surface area (Å²) in [6, 6.07) is 11.4. The zero-order valence-corrected chi connectivity index (χ0v) is 11.7. The fourth-order valence-electron chi connectivity index (χ4n) is 1.92. The highest BCUT2D eigenvalue weighted by atomic mass is 35.5. The number of nitrogens with one attached hydrogen (secondary N) is 1. The van der Waals surface area contributed by atoms with Crippen LogP contribution in [0, 0.1) is 0 Å². The molecular weight excluding hydrogens is 272 g/mol. The van der Waals surface area contributed by atoms with Crippen molar-refractivity contribution < 1.29 is 0 Å². The van der Waals surface area contributed by atoms with Crippen molar-refractivity contribution in [2.45, 2.75) is 0 Å². The van der Waals surface area contributed by atoms with Crippen molar-refractivity contribution in [1.82, 2.24) is 14.5 Å². The zero-order valence-electron chi connectivity index (χ0n) is 10.9. The number of hydrogen-bond donors (Lipinski definition) is 1. The van der Waals surface area contributed by atoms with Gasteiger partial charge < -0.3 is 9.88 Å². The van der Waals surface area contributed by atoms with E-state index in [1.807, 2.05) is 54.2 Å². The lowest BCUT2D eigenvalue weighted by atomic mass is 10.2. The third-order valence-electron chi connectivity index (χ3n) is 2.96. The maximum atomic E-state index is 5.85. The average molecular weight is 285 g/mol. The first-order valence-electron chi connectivity index (χ1n) is 6.19. The molecule has 0 aliphatic rings. The van der Waals surface area contributed by atoms with Gasteiger partial charge in [0.2, 0.25) is 0 Å². The van der Waals surface area contributed by atoms with Crippen LogP contribution in [0.3, 0.4) is 0 Å². The monoisotopic (exact) mass is 284 g/mol. The molecule has 2 aromatic heterocycles. The first-order valence-corrected chi connectivity index (χ1v) is 6.56. The number of benzene rings is 1. The Labute approximate surface area is 122 Å². The molecule has 1 aromatic carbocycles. The van der Waals surface area contributed by atoms with E-state index in [9.17, 15) is 0 Å². The normalized spacial score (nSPS) is 10.5. The van der Waals surface area contributed by atoms with Crippen LogP contribution in [-0.2, 0) is 7.05 Å². The lowest BCUT2D eigenvalue weighted by Gasteiger charge is -2.07. The summed E-state index contributed by atoms with van der Waals surface area (Å²) < 4.78 is 1.96. The van der Waals surface area contributed by atoms with Crippen LogP contribution in [-0.4, -0.2) is 14.5 Å². The number of aryl methyl sites for hydroxylation is 1. The Balaban J connectivity index is 1.80. The largest absolute Gasteiger partial charge is 0.340 e. The van der Waals surface area contributed by atoms with Gasteiger partial charge in [0.15, 0.2) is 0 Å². The summed E-state index contributed by atoms with van der Waals surface area (Å²) in [6.07, 6.45) is 5.49. The van der Waals surface area contributed by atoms with Crippen molar-refractivity contribution in [3.63, 3.8) is 0 Å². The third kappa shape index (κ3) is 2.65. The number of hydrogen-bond acceptors (Lipinski definition) is 3. The number of pyridine rings is 1. The van der Waals surface area contributed by atoms with Crippen LogP contribution in [0.2, 0.25) is 5.02 Å². The number of anilines is 2. The van der Waals surface area contributed by atoms with Gasteiger partial charge in [0, 0.05) is 41.9 Å². The van der Waals surface area contributed by atoms with Crippen LogP contribution in [0.1, 0.15) is 0 Å². The molecule has 0 saturated carbocycles. The quantitative estimate of drug-likeness (QED) is 0.794. The van der Waals surface area contributed by atoms with Crippen molar-refractivity contribution in [3.8, 4) is 11.4 Å². The highest BCUT2D eigenvalue weighted by Crippen LogP contribution is 2.20. The van der Waals surface area contributed by atoms with E-state index in [-0.39, 0.29) is 0 Å². The minimum absolute atomic E-state index is 0.716. The molecule has 0 radical (unpaired) electrons. The first kappa shape index (κ1) is 12.7. The fourth-order valence-corrected chi connectivity index (χ4v) is 2.05. The van der Waals surface area contributed by atoms with Crippen molar-refractivity contribution in [2.75, 3.05) is 5.32 Å². The second-order valence-corrected chi connectivity index (χ2v) is 4.86. The molecule has 3 rings (SSSR count). The SMILES string of the molecule is Cn1ccnc1-c1ccc(Nc2ccc(Cl)cc2)nc1. The number of imidazole rings is 1. The lowest BCUT2D eigenvalue weighted by molar-refractivity contribution is 0.923. The summed E-state index contributed by atoms with van der Waals surface area (Å²) in [7, 11) is 1.96. The van der Waals surface area contributed by atoms with Crippen molar-refractivity contribution in [1.29, 1.82) is 0 Å². The molecule has 3 aromatic rings. The summed E-state index contributed by atoms with van der Waals surface area (Å²) in [6.45, 7) is 0. The molecule has 1 N–H and O–H groups in total. The van der Waals surface area contributed by atoms with Gasteiger partial charge in [-0.05, 0) is 36.4 Å². The Morgan fingerprint density at radius 3 is 2.45 bits per heavy atom. The maximum Gasteiger partial charge on any atom is 0.141 e. The second-order valence-electron chi connectivity index (χ2n) is 4.43. The predicted molar refractivity (Wildman–Crippen MR) is 81.2 cm³/mol. The molecule has 0 aliphatic heterocycles. The molecule has 0 bridgehead atoms. The molecule has 5 heteroatoms. The van der Waals surface area contributed by atoms with E-state index >= 15 is 0 Å². The predicted octanol–water partition coefficient (Wildman–Crippen LogP) is 3.88. The lowest BCUT2D eigenvalue weighted by Crippen LogP contribution is -1.95. The van der Waals surface area contributed by atoms with Gasteiger partial charge in [-0.15, -0.1) is 0 Å². The molecule has 0 atom stereocenters. The summed E-state index contributed by atoms with van der Waals surface area (Å²) >= 11 is 5.85. The van der Waals surface area contributed by atoms with Gasteiger partial charge in [-0.1, -0.05) is 11.6 Å². The summed E-state index contributed by atoms with van der Waals surface area (Å²) in [4.78, 5) is 8.69. The fraction of sp³-hybridized carbons (Fsp3) is 0.0667. The molecule has 0 amide bonds. The summed E-state index contributed by atoms with van der Waals surface area (Å²) in [5.74, 6) is 1.68. The van der Waals surface area contributed by atoms with Gasteiger partial charge in [0.25, 0.3) is 0 Å². The molecule has 0 saturated heterocycles. The standard InChI is InChI=1S/C15H13ClN4/c1-20-9-8-17-15(20)11-2-7-14(18-10-11)19-13-5-3-12(16)4-6-13/h2-10H,1H3,(H,18,19). The van der Waals surface area contributed by atoms with Crippen LogP contribution >= 0.6 is 11.6 Å². The summed E-state index contributed by atoms with van der Waals surface area (Å²) in [5, 5.41) is 3.94. The Hall–Kier alpha value is -2.33. The Morgan fingerprint density at radius 2 is 1.85 bits per heavy atom. The molecule has 4 nitrogen and oxygen atoms in total. The van der Waals surface area contributed by atoms with E-state index in [4.69, 9.17) is 11.6 Å². The van der Waals surface area contributed by atoms with Crippen molar-refractivity contribution in [3.05, 3.63) is 60.0 Å². The van der Waals surface area contributed by atoms with Gasteiger partial charge in [-0.25, -0.2) is 9.97 Å². The average Bonchev–Trinajstić information content (AvgIpc) is 2.89. The van der Waals surface area contributed by atoms with Crippen LogP contribution in [0.4, 0.5) is 11.5 Å². The van der Waals surface area contributed by atoms with Gasteiger partial charge in [-0.3, -0.25) is 0 Å². The molecule has 0 fully saturated rings. The Morgan fingerprint density at radius 1 is 1.05 bits per heavy atom. The number of halogens is 1. The van der Waals surface area contributed by atoms with E-state index in [1.54, 1.807) is 12.4 Å². The number of rotatable bonds is 3. The first-order chi connectivity index (χ1) is 9.72. The van der Waals surface area contributed by atoms with E-state index in [1.165, 1.54) is 0 Å². The molecule has 20 heavy (non-hydrogen) atoms. The Kier molecular flexibility index (Phi) is 3.39. The van der Waals surface area contributed by atoms with Gasteiger partial charge in [0.1, 0.15) is 11.6 Å². The molecule has 2 heterocycles. The summed E-state index contributed by atoms with van der Waals surface area (Å²) in [5.41, 5.74) is 1.94. The molecule has 0 unspecified atom stereocenters. The zero-order chi connectivity index (χ0) is 13.9. The number of aromatic nitrogens is 3. The maximum absolute atomic E-state index is 5.85. The molecule has 0 spiro atoms. The van der Waals surface area contributed by atoms with Gasteiger partial charge >= 0.3 is 0 Å². The highest BCUT2D eigenvalue weighted by molar-refractivity contribution is 6.30. The van der Waals surface area contributed by atoms with Crippen LogP contribution < -0.4 is 5.32 Å². The van der Waals surface area contributed by atoms with Crippen LogP contribution in [0.15, 0.2) is 55.0 Å². The minimum Gasteiger partial charge on any atom is -0.340 e. The molecular formula is C15H13ClN4. The van der Waals surface area contributed by atoms with Gasteiger partial charge in [-0.2, -0.15) is 0 Å². The van der Waals surface area contributed by atoms with E-state index < -0.39 is 0 Å². The third-order valence-corrected chi connectivity index (χ3v) is 3.21. The van der Waals surface area contributed by atoms with Crippen LogP contribution in [0.5, 0.6) is 0 Å². The molecule has 100 valence electrons. The van der Waals surface area contributed by atoms with Gasteiger partial charge in [0.05, 0.1) is 0 Å².